The molecule has 0 heterocycles. The van der Waals surface area contributed by atoms with Gasteiger partial charge in [0.1, 0.15) is 12.4 Å². The zero-order valence-electron chi connectivity index (χ0n) is 11.2. The van der Waals surface area contributed by atoms with Crippen LogP contribution in [0.4, 0.5) is 5.69 Å². The van der Waals surface area contributed by atoms with Crippen molar-refractivity contribution in [3.63, 3.8) is 0 Å². The highest BCUT2D eigenvalue weighted by atomic mass is 16.5. The van der Waals surface area contributed by atoms with Crippen LogP contribution < -0.4 is 10.5 Å². The average Bonchev–Trinajstić information content (AvgIpc) is 2.36. The van der Waals surface area contributed by atoms with Crippen LogP contribution in [0, 0.1) is 0 Å². The van der Waals surface area contributed by atoms with Crippen LogP contribution in [-0.2, 0) is 6.42 Å². The van der Waals surface area contributed by atoms with E-state index < -0.39 is 0 Å². The normalized spacial score (nSPS) is 10.8. The van der Waals surface area contributed by atoms with Crippen molar-refractivity contribution in [2.45, 2.75) is 27.2 Å². The fourth-order valence-electron chi connectivity index (χ4n) is 1.77. The third-order valence-corrected chi connectivity index (χ3v) is 3.04. The Morgan fingerprint density at radius 3 is 2.41 bits per heavy atom. The Morgan fingerprint density at radius 2 is 1.88 bits per heavy atom. The van der Waals surface area contributed by atoms with Crippen LogP contribution in [0.3, 0.4) is 0 Å². The third-order valence-electron chi connectivity index (χ3n) is 3.04. The summed E-state index contributed by atoms with van der Waals surface area (Å²) in [6.07, 6.45) is 1.00. The Labute approximate surface area is 105 Å². The number of hydrogen-bond acceptors (Lipinski definition) is 3. The minimum Gasteiger partial charge on any atom is -0.490 e. The molecule has 0 aliphatic carbocycles. The summed E-state index contributed by atoms with van der Waals surface area (Å²) in [5.41, 5.74) is 7.93. The summed E-state index contributed by atoms with van der Waals surface area (Å²) in [5.74, 6) is 0.800. The molecule has 0 saturated carbocycles. The predicted octanol–water partition coefficient (Wildman–Crippen LogP) is 2.55. The first-order valence-electron chi connectivity index (χ1n) is 6.44. The van der Waals surface area contributed by atoms with Gasteiger partial charge in [0.15, 0.2) is 0 Å². The predicted molar refractivity (Wildman–Crippen MR) is 73.5 cm³/mol. The van der Waals surface area contributed by atoms with Gasteiger partial charge in [-0.15, -0.1) is 0 Å². The van der Waals surface area contributed by atoms with Gasteiger partial charge in [0.05, 0.1) is 5.69 Å². The Hall–Kier alpha value is -1.22. The summed E-state index contributed by atoms with van der Waals surface area (Å²) in [7, 11) is 0. The van der Waals surface area contributed by atoms with Crippen molar-refractivity contribution >= 4 is 5.69 Å². The van der Waals surface area contributed by atoms with E-state index >= 15 is 0 Å². The van der Waals surface area contributed by atoms with Gasteiger partial charge in [-0.3, -0.25) is 0 Å². The molecule has 0 unspecified atom stereocenters. The molecule has 0 spiro atoms. The van der Waals surface area contributed by atoms with E-state index in [2.05, 4.69) is 31.7 Å². The largest absolute Gasteiger partial charge is 0.490 e. The van der Waals surface area contributed by atoms with E-state index in [1.807, 2.05) is 12.1 Å². The second-order valence-corrected chi connectivity index (χ2v) is 4.10. The Morgan fingerprint density at radius 1 is 1.18 bits per heavy atom. The topological polar surface area (TPSA) is 38.5 Å². The summed E-state index contributed by atoms with van der Waals surface area (Å²) in [4.78, 5) is 2.33. The van der Waals surface area contributed by atoms with Gasteiger partial charge in [-0.1, -0.05) is 26.8 Å². The highest BCUT2D eigenvalue weighted by molar-refractivity contribution is 5.54. The molecule has 0 amide bonds. The van der Waals surface area contributed by atoms with Crippen molar-refractivity contribution in [2.24, 2.45) is 0 Å². The number of nitrogens with two attached hydrogens (primary N) is 1. The maximum Gasteiger partial charge on any atom is 0.142 e. The van der Waals surface area contributed by atoms with Gasteiger partial charge in [-0.25, -0.2) is 0 Å². The zero-order valence-corrected chi connectivity index (χ0v) is 11.2. The van der Waals surface area contributed by atoms with Crippen LogP contribution in [0.2, 0.25) is 0 Å². The van der Waals surface area contributed by atoms with Gasteiger partial charge < -0.3 is 15.4 Å². The summed E-state index contributed by atoms with van der Waals surface area (Å²) in [6, 6.07) is 6.03. The fraction of sp³-hybridized carbons (Fsp3) is 0.571. The summed E-state index contributed by atoms with van der Waals surface area (Å²) in [6.45, 7) is 10.2. The lowest BCUT2D eigenvalue weighted by atomic mass is 10.1. The molecule has 0 radical (unpaired) electrons. The van der Waals surface area contributed by atoms with E-state index in [4.69, 9.17) is 10.5 Å². The highest BCUT2D eigenvalue weighted by Crippen LogP contribution is 2.22. The first-order chi connectivity index (χ1) is 8.21. The number of hydrogen-bond donors (Lipinski definition) is 1. The number of ether oxygens (including phenoxy) is 1. The molecule has 0 bridgehead atoms. The first kappa shape index (κ1) is 13.8. The molecule has 0 aromatic heterocycles. The minimum absolute atomic E-state index is 0.692. The summed E-state index contributed by atoms with van der Waals surface area (Å²) < 4.78 is 5.70. The van der Waals surface area contributed by atoms with Crippen molar-refractivity contribution in [2.75, 3.05) is 32.0 Å². The van der Waals surface area contributed by atoms with Crippen LogP contribution in [0.15, 0.2) is 18.2 Å². The van der Waals surface area contributed by atoms with Crippen molar-refractivity contribution in [1.29, 1.82) is 0 Å². The molecule has 17 heavy (non-hydrogen) atoms. The van der Waals surface area contributed by atoms with Crippen molar-refractivity contribution in [3.05, 3.63) is 23.8 Å². The lowest BCUT2D eigenvalue weighted by Gasteiger charge is -2.18. The van der Waals surface area contributed by atoms with Crippen molar-refractivity contribution in [3.8, 4) is 5.75 Å². The molecule has 0 atom stereocenters. The molecular formula is C14H24N2O. The van der Waals surface area contributed by atoms with Crippen molar-refractivity contribution in [1.82, 2.24) is 4.90 Å². The van der Waals surface area contributed by atoms with E-state index in [0.717, 1.165) is 37.5 Å². The van der Waals surface area contributed by atoms with E-state index in [0.29, 0.717) is 6.61 Å². The average molecular weight is 236 g/mol. The van der Waals surface area contributed by atoms with Gasteiger partial charge in [0.2, 0.25) is 0 Å². The Balaban J connectivity index is 2.46. The van der Waals surface area contributed by atoms with E-state index in [1.165, 1.54) is 5.56 Å². The molecule has 96 valence electrons. The quantitative estimate of drug-likeness (QED) is 0.739. The molecule has 3 nitrogen and oxygen atoms in total. The maximum absolute atomic E-state index is 5.94. The van der Waals surface area contributed by atoms with Gasteiger partial charge >= 0.3 is 0 Å². The van der Waals surface area contributed by atoms with E-state index in [9.17, 15) is 0 Å². The highest BCUT2D eigenvalue weighted by Gasteiger charge is 2.03. The van der Waals surface area contributed by atoms with Crippen molar-refractivity contribution < 1.29 is 4.74 Å². The van der Waals surface area contributed by atoms with Crippen LogP contribution >= 0.6 is 0 Å². The molecule has 1 aromatic rings. The second kappa shape index (κ2) is 7.17. The van der Waals surface area contributed by atoms with Gasteiger partial charge in [0, 0.05) is 6.54 Å². The van der Waals surface area contributed by atoms with Gasteiger partial charge in [-0.2, -0.15) is 0 Å². The molecule has 1 rings (SSSR count). The lowest BCUT2D eigenvalue weighted by Crippen LogP contribution is -2.28. The van der Waals surface area contributed by atoms with E-state index in [-0.39, 0.29) is 0 Å². The SMILES string of the molecule is CCc1ccc(OCCN(CC)CC)c(N)c1. The molecule has 0 saturated heterocycles. The first-order valence-corrected chi connectivity index (χ1v) is 6.44. The lowest BCUT2D eigenvalue weighted by molar-refractivity contribution is 0.223. The number of benzene rings is 1. The van der Waals surface area contributed by atoms with Crippen LogP contribution in [-0.4, -0.2) is 31.1 Å². The zero-order chi connectivity index (χ0) is 12.7. The molecule has 0 aliphatic heterocycles. The van der Waals surface area contributed by atoms with Gasteiger partial charge in [-0.05, 0) is 37.2 Å². The van der Waals surface area contributed by atoms with Crippen LogP contribution in [0.25, 0.3) is 0 Å². The molecule has 0 aliphatic rings. The molecule has 1 aromatic carbocycles. The number of anilines is 1. The van der Waals surface area contributed by atoms with Crippen LogP contribution in [0.1, 0.15) is 26.3 Å². The monoisotopic (exact) mass is 236 g/mol. The Kier molecular flexibility index (Phi) is 5.84. The number of rotatable bonds is 7. The standard InChI is InChI=1S/C14H24N2O/c1-4-12-7-8-14(13(15)11-12)17-10-9-16(5-2)6-3/h7-8,11H,4-6,9-10,15H2,1-3H3. The maximum atomic E-state index is 5.94. The number of nitrogens with zero attached hydrogens (tertiary/aromatic N) is 1. The van der Waals surface area contributed by atoms with E-state index in [1.54, 1.807) is 0 Å². The fourth-order valence-corrected chi connectivity index (χ4v) is 1.77. The van der Waals surface area contributed by atoms with Gasteiger partial charge in [0.25, 0.3) is 0 Å². The Bertz CT molecular complexity index is 335. The molecular weight excluding hydrogens is 212 g/mol. The third kappa shape index (κ3) is 4.27. The summed E-state index contributed by atoms with van der Waals surface area (Å²) in [5, 5.41) is 0. The van der Waals surface area contributed by atoms with Crippen LogP contribution in [0.5, 0.6) is 5.75 Å². The smallest absolute Gasteiger partial charge is 0.142 e. The number of aryl methyl sites for hydroxylation is 1. The molecule has 2 N–H and O–H groups in total. The number of likely N-dealkylation sites (N-methyl/N-ethyl adjacent to an activating group) is 1. The summed E-state index contributed by atoms with van der Waals surface area (Å²) >= 11 is 0. The molecule has 3 heteroatoms. The molecule has 0 fully saturated rings. The second-order valence-electron chi connectivity index (χ2n) is 4.10. The number of nitrogen functional groups attached to an aromatic ring is 1. The minimum atomic E-state index is 0.692.